The summed E-state index contributed by atoms with van der Waals surface area (Å²) in [6, 6.07) is 7.63. The number of thiophene rings is 1. The molecule has 0 bridgehead atoms. The van der Waals surface area contributed by atoms with Crippen LogP contribution in [0.3, 0.4) is 0 Å². The summed E-state index contributed by atoms with van der Waals surface area (Å²) in [6.07, 6.45) is 0. The smallest absolute Gasteiger partial charge is 0.0627 e. The van der Waals surface area contributed by atoms with Gasteiger partial charge in [-0.2, -0.15) is 0 Å². The topological polar surface area (TPSA) is 43.1 Å². The number of aryl methyl sites for hydroxylation is 1. The highest BCUT2D eigenvalue weighted by Gasteiger charge is 2.10. The number of rotatable bonds is 3. The SMILES string of the molecule is Cc1ccc(N)c(S(=O)Cc2cc(Br)cs2)c1. The van der Waals surface area contributed by atoms with E-state index in [4.69, 9.17) is 5.73 Å². The molecule has 5 heteroatoms. The van der Waals surface area contributed by atoms with Crippen LogP contribution in [0.2, 0.25) is 0 Å². The summed E-state index contributed by atoms with van der Waals surface area (Å²) in [7, 11) is -1.08. The van der Waals surface area contributed by atoms with Crippen LogP contribution in [0.4, 0.5) is 5.69 Å². The van der Waals surface area contributed by atoms with Crippen LogP contribution in [0.15, 0.2) is 39.0 Å². The minimum atomic E-state index is -1.08. The maximum Gasteiger partial charge on any atom is 0.0627 e. The molecule has 1 atom stereocenters. The van der Waals surface area contributed by atoms with Crippen molar-refractivity contribution in [2.75, 3.05) is 5.73 Å². The number of hydrogen-bond acceptors (Lipinski definition) is 3. The predicted molar refractivity (Wildman–Crippen MR) is 77.7 cm³/mol. The summed E-state index contributed by atoms with van der Waals surface area (Å²) < 4.78 is 13.3. The van der Waals surface area contributed by atoms with Crippen molar-refractivity contribution in [1.29, 1.82) is 0 Å². The lowest BCUT2D eigenvalue weighted by Crippen LogP contribution is -2.00. The molecule has 0 spiro atoms. The fourth-order valence-corrected chi connectivity index (χ4v) is 4.45. The fraction of sp³-hybridized carbons (Fsp3) is 0.167. The summed E-state index contributed by atoms with van der Waals surface area (Å²) in [4.78, 5) is 1.82. The molecule has 0 amide bonds. The Balaban J connectivity index is 2.22. The van der Waals surface area contributed by atoms with Gasteiger partial charge in [-0.1, -0.05) is 6.07 Å². The predicted octanol–water partition coefficient (Wildman–Crippen LogP) is 3.71. The van der Waals surface area contributed by atoms with Gasteiger partial charge in [-0.15, -0.1) is 11.3 Å². The number of hydrogen-bond donors (Lipinski definition) is 1. The van der Waals surface area contributed by atoms with Crippen molar-refractivity contribution in [1.82, 2.24) is 0 Å². The van der Waals surface area contributed by atoms with E-state index in [1.54, 1.807) is 11.3 Å². The second kappa shape index (κ2) is 5.33. The molecule has 0 radical (unpaired) electrons. The minimum absolute atomic E-state index is 0.518. The standard InChI is InChI=1S/C12H12BrNOS2/c1-8-2-3-11(14)12(4-8)17(15)7-10-5-9(13)6-16-10/h2-6H,7,14H2,1H3. The molecule has 2 rings (SSSR count). The molecule has 0 fully saturated rings. The molecule has 2 aromatic rings. The van der Waals surface area contributed by atoms with Crippen LogP contribution in [0.25, 0.3) is 0 Å². The van der Waals surface area contributed by atoms with Crippen LogP contribution in [0, 0.1) is 6.92 Å². The van der Waals surface area contributed by atoms with Crippen molar-refractivity contribution >= 4 is 43.8 Å². The van der Waals surface area contributed by atoms with Gasteiger partial charge in [0, 0.05) is 20.4 Å². The molecular weight excluding hydrogens is 318 g/mol. The molecular formula is C12H12BrNOS2. The highest BCUT2D eigenvalue weighted by molar-refractivity contribution is 9.10. The van der Waals surface area contributed by atoms with E-state index in [9.17, 15) is 4.21 Å². The van der Waals surface area contributed by atoms with Crippen molar-refractivity contribution in [3.8, 4) is 0 Å². The van der Waals surface area contributed by atoms with E-state index in [0.29, 0.717) is 11.4 Å². The van der Waals surface area contributed by atoms with Crippen LogP contribution in [-0.4, -0.2) is 4.21 Å². The average Bonchev–Trinajstić information content (AvgIpc) is 2.67. The number of nitrogen functional groups attached to an aromatic ring is 1. The maximum atomic E-state index is 12.2. The molecule has 0 aliphatic rings. The molecule has 1 aromatic heterocycles. The average molecular weight is 330 g/mol. The molecule has 2 N–H and O–H groups in total. The van der Waals surface area contributed by atoms with E-state index in [0.717, 1.165) is 19.8 Å². The van der Waals surface area contributed by atoms with Gasteiger partial charge >= 0.3 is 0 Å². The maximum absolute atomic E-state index is 12.2. The Hall–Kier alpha value is -0.650. The van der Waals surface area contributed by atoms with E-state index < -0.39 is 10.8 Å². The van der Waals surface area contributed by atoms with Crippen molar-refractivity contribution in [2.45, 2.75) is 17.6 Å². The summed E-state index contributed by atoms with van der Waals surface area (Å²) in [5, 5.41) is 1.99. The lowest BCUT2D eigenvalue weighted by molar-refractivity contribution is 0.683. The molecule has 1 aromatic carbocycles. The minimum Gasteiger partial charge on any atom is -0.398 e. The van der Waals surface area contributed by atoms with Gasteiger partial charge < -0.3 is 5.73 Å². The Morgan fingerprint density at radius 3 is 2.82 bits per heavy atom. The molecule has 1 unspecified atom stereocenters. The molecule has 0 saturated heterocycles. The van der Waals surface area contributed by atoms with Crippen molar-refractivity contribution in [3.63, 3.8) is 0 Å². The van der Waals surface area contributed by atoms with Gasteiger partial charge in [-0.3, -0.25) is 4.21 Å². The van der Waals surface area contributed by atoms with Crippen LogP contribution in [0.5, 0.6) is 0 Å². The van der Waals surface area contributed by atoms with Gasteiger partial charge in [0.2, 0.25) is 0 Å². The third-order valence-corrected chi connectivity index (χ3v) is 5.61. The number of benzene rings is 1. The molecule has 1 heterocycles. The molecule has 17 heavy (non-hydrogen) atoms. The Kier molecular flexibility index (Phi) is 4.01. The molecule has 0 aliphatic carbocycles. The second-order valence-corrected chi connectivity index (χ2v) is 7.09. The highest BCUT2D eigenvalue weighted by atomic mass is 79.9. The quantitative estimate of drug-likeness (QED) is 0.872. The molecule has 2 nitrogen and oxygen atoms in total. The third kappa shape index (κ3) is 3.18. The van der Waals surface area contributed by atoms with Gasteiger partial charge in [0.25, 0.3) is 0 Å². The zero-order valence-corrected chi connectivity index (χ0v) is 12.5. The molecule has 0 saturated carbocycles. The molecule has 90 valence electrons. The van der Waals surface area contributed by atoms with E-state index in [1.165, 1.54) is 0 Å². The summed E-state index contributed by atoms with van der Waals surface area (Å²) in [6.45, 7) is 1.97. The van der Waals surface area contributed by atoms with Crippen molar-refractivity contribution < 1.29 is 4.21 Å². The first-order chi connectivity index (χ1) is 8.06. The van der Waals surface area contributed by atoms with Crippen LogP contribution in [0.1, 0.15) is 10.4 Å². The Bertz CT molecular complexity index is 565. The Morgan fingerprint density at radius 1 is 1.41 bits per heavy atom. The summed E-state index contributed by atoms with van der Waals surface area (Å²) >= 11 is 4.99. The van der Waals surface area contributed by atoms with Gasteiger partial charge in [-0.05, 0) is 46.6 Å². The molecule has 0 aliphatic heterocycles. The Labute approximate surface area is 115 Å². The van der Waals surface area contributed by atoms with Gasteiger partial charge in [0.15, 0.2) is 0 Å². The van der Waals surface area contributed by atoms with Crippen molar-refractivity contribution in [2.24, 2.45) is 0 Å². The van der Waals surface area contributed by atoms with Crippen LogP contribution in [-0.2, 0) is 16.6 Å². The van der Waals surface area contributed by atoms with Gasteiger partial charge in [0.05, 0.1) is 21.4 Å². The van der Waals surface area contributed by atoms with E-state index in [1.807, 2.05) is 36.6 Å². The lowest BCUT2D eigenvalue weighted by Gasteiger charge is -2.05. The van der Waals surface area contributed by atoms with Crippen LogP contribution < -0.4 is 5.73 Å². The Morgan fingerprint density at radius 2 is 2.18 bits per heavy atom. The highest BCUT2D eigenvalue weighted by Crippen LogP contribution is 2.25. The fourth-order valence-electron chi connectivity index (χ4n) is 1.48. The largest absolute Gasteiger partial charge is 0.398 e. The van der Waals surface area contributed by atoms with E-state index >= 15 is 0 Å². The van der Waals surface area contributed by atoms with Crippen LogP contribution >= 0.6 is 27.3 Å². The number of anilines is 1. The van der Waals surface area contributed by atoms with E-state index in [2.05, 4.69) is 15.9 Å². The number of halogens is 1. The first-order valence-electron chi connectivity index (χ1n) is 5.03. The summed E-state index contributed by atoms with van der Waals surface area (Å²) in [5.74, 6) is 0.518. The lowest BCUT2D eigenvalue weighted by atomic mass is 10.2. The van der Waals surface area contributed by atoms with Gasteiger partial charge in [0.1, 0.15) is 0 Å². The monoisotopic (exact) mass is 329 g/mol. The zero-order valence-electron chi connectivity index (χ0n) is 9.27. The normalized spacial score (nSPS) is 12.6. The second-order valence-electron chi connectivity index (χ2n) is 3.76. The van der Waals surface area contributed by atoms with Crippen molar-refractivity contribution in [3.05, 3.63) is 44.6 Å². The first-order valence-corrected chi connectivity index (χ1v) is 8.03. The summed E-state index contributed by atoms with van der Waals surface area (Å²) in [5.41, 5.74) is 7.53. The third-order valence-electron chi connectivity index (χ3n) is 2.31. The number of nitrogens with two attached hydrogens (primary N) is 1. The zero-order chi connectivity index (χ0) is 12.4. The van der Waals surface area contributed by atoms with E-state index in [-0.39, 0.29) is 0 Å². The van der Waals surface area contributed by atoms with Gasteiger partial charge in [-0.25, -0.2) is 0 Å². The first kappa shape index (κ1) is 12.8.